The molecule has 2 fully saturated rings. The number of thioether (sulfide) groups is 1. The van der Waals surface area contributed by atoms with Crippen LogP contribution in [0.3, 0.4) is 0 Å². The zero-order valence-corrected chi connectivity index (χ0v) is 23.7. The highest BCUT2D eigenvalue weighted by Gasteiger charge is 2.41. The second-order valence-corrected chi connectivity index (χ2v) is 12.2. The number of aliphatic hydroxyl groups excluding tert-OH is 1. The van der Waals surface area contributed by atoms with Crippen molar-refractivity contribution in [3.05, 3.63) is 16.1 Å². The van der Waals surface area contributed by atoms with Gasteiger partial charge in [0.2, 0.25) is 0 Å². The summed E-state index contributed by atoms with van der Waals surface area (Å²) in [6.07, 6.45) is 2.84. The molecule has 12 heteroatoms. The topological polar surface area (TPSA) is 148 Å². The molecular weight excluding hydrogens is 512 g/mol. The first kappa shape index (κ1) is 28.3. The summed E-state index contributed by atoms with van der Waals surface area (Å²) in [5.41, 5.74) is 10.1. The number of aliphatic hydroxyl groups is 2. The van der Waals surface area contributed by atoms with Crippen LogP contribution >= 0.6 is 23.1 Å². The number of ether oxygens (including phenoxy) is 2. The minimum absolute atomic E-state index is 0.0211. The van der Waals surface area contributed by atoms with Crippen LogP contribution in [0.5, 0.6) is 0 Å². The Balaban J connectivity index is 1.45. The molecule has 6 N–H and O–H groups in total. The Hall–Kier alpha value is -1.70. The fraction of sp³-hybridized carbons (Fsp3) is 0.720. The van der Waals surface area contributed by atoms with Gasteiger partial charge >= 0.3 is 0 Å². The summed E-state index contributed by atoms with van der Waals surface area (Å²) in [6, 6.07) is -0.0211. The van der Waals surface area contributed by atoms with Crippen LogP contribution in [0, 0.1) is 12.8 Å². The maximum absolute atomic E-state index is 10.2. The van der Waals surface area contributed by atoms with Crippen molar-refractivity contribution < 1.29 is 19.7 Å². The number of nitrogens with one attached hydrogen (secondary N) is 2. The molecule has 0 radical (unpaired) electrons. The fourth-order valence-corrected chi connectivity index (χ4v) is 6.50. The second-order valence-electron chi connectivity index (χ2n) is 10.3. The van der Waals surface area contributed by atoms with Gasteiger partial charge in [0.25, 0.3) is 0 Å². The lowest BCUT2D eigenvalue weighted by Gasteiger charge is -2.27. The minimum Gasteiger partial charge on any atom is -0.394 e. The molecule has 5 unspecified atom stereocenters. The molecule has 0 bridgehead atoms. The third-order valence-electron chi connectivity index (χ3n) is 6.59. The van der Waals surface area contributed by atoms with E-state index in [1.165, 1.54) is 4.88 Å². The highest BCUT2D eigenvalue weighted by molar-refractivity contribution is 7.99. The van der Waals surface area contributed by atoms with Crippen LogP contribution in [0.25, 0.3) is 0 Å². The van der Waals surface area contributed by atoms with E-state index in [1.54, 1.807) is 36.9 Å². The van der Waals surface area contributed by atoms with E-state index in [0.29, 0.717) is 47.2 Å². The van der Waals surface area contributed by atoms with E-state index in [4.69, 9.17) is 25.2 Å². The van der Waals surface area contributed by atoms with Crippen molar-refractivity contribution >= 4 is 40.4 Å². The molecule has 2 heterocycles. The van der Waals surface area contributed by atoms with Gasteiger partial charge in [0, 0.05) is 29.1 Å². The first-order chi connectivity index (χ1) is 17.7. The Bertz CT molecular complexity index is 1030. The lowest BCUT2D eigenvalue weighted by atomic mass is 10.2. The molecule has 2 aliphatic carbocycles. The van der Waals surface area contributed by atoms with E-state index in [1.807, 2.05) is 5.51 Å². The summed E-state index contributed by atoms with van der Waals surface area (Å²) in [4.78, 5) is 15.2. The lowest BCUT2D eigenvalue weighted by Crippen LogP contribution is -2.36. The second kappa shape index (κ2) is 12.4. The monoisotopic (exact) mass is 552 g/mol. The van der Waals surface area contributed by atoms with Crippen molar-refractivity contribution in [3.63, 3.8) is 0 Å². The number of hydrogen-bond acceptors (Lipinski definition) is 12. The molecule has 0 aliphatic heterocycles. The summed E-state index contributed by atoms with van der Waals surface area (Å²) in [6.45, 7) is 8.36. The van der Waals surface area contributed by atoms with Crippen LogP contribution in [0.2, 0.25) is 0 Å². The number of thiazole rings is 1. The Labute approximate surface area is 227 Å². The zero-order chi connectivity index (χ0) is 26.6. The Morgan fingerprint density at radius 1 is 1.22 bits per heavy atom. The molecule has 0 saturated heterocycles. The molecule has 2 aromatic heterocycles. The summed E-state index contributed by atoms with van der Waals surface area (Å²) in [5, 5.41) is 27.1. The van der Waals surface area contributed by atoms with E-state index in [9.17, 15) is 10.2 Å². The van der Waals surface area contributed by atoms with Gasteiger partial charge in [0.15, 0.2) is 22.6 Å². The van der Waals surface area contributed by atoms with Crippen LogP contribution in [-0.2, 0) is 9.47 Å². The van der Waals surface area contributed by atoms with Gasteiger partial charge < -0.3 is 36.1 Å². The van der Waals surface area contributed by atoms with Gasteiger partial charge in [-0.15, -0.1) is 11.3 Å². The van der Waals surface area contributed by atoms with Crippen LogP contribution in [0.15, 0.2) is 10.7 Å². The molecule has 0 aromatic carbocycles. The number of rotatable bonds is 14. The SMILES string of the molecule is CCCSc1nc(NCC2CC2c2scnc2C)c(N)c(NC2CC(OCCO)C(OC(C)(C)O)C2)n1. The molecule has 10 nitrogen and oxygen atoms in total. The summed E-state index contributed by atoms with van der Waals surface area (Å²) in [5.74, 6) is 1.97. The largest absolute Gasteiger partial charge is 0.394 e. The number of nitrogens with two attached hydrogens (primary N) is 1. The van der Waals surface area contributed by atoms with Crippen LogP contribution in [0.1, 0.15) is 62.9 Å². The van der Waals surface area contributed by atoms with Gasteiger partial charge in [-0.2, -0.15) is 0 Å². The van der Waals surface area contributed by atoms with E-state index in [2.05, 4.69) is 29.5 Å². The van der Waals surface area contributed by atoms with Gasteiger partial charge in [-0.05, 0) is 52.4 Å². The van der Waals surface area contributed by atoms with E-state index < -0.39 is 5.79 Å². The molecule has 206 valence electrons. The first-order valence-electron chi connectivity index (χ1n) is 13.0. The maximum Gasteiger partial charge on any atom is 0.191 e. The molecule has 2 saturated carbocycles. The smallest absolute Gasteiger partial charge is 0.191 e. The molecule has 4 rings (SSSR count). The molecule has 2 aliphatic rings. The average molecular weight is 553 g/mol. The van der Waals surface area contributed by atoms with Crippen molar-refractivity contribution in [2.24, 2.45) is 5.92 Å². The predicted octanol–water partition coefficient (Wildman–Crippen LogP) is 3.61. The number of nitrogen functional groups attached to an aromatic ring is 1. The summed E-state index contributed by atoms with van der Waals surface area (Å²) in [7, 11) is 0. The summed E-state index contributed by atoms with van der Waals surface area (Å²) >= 11 is 3.35. The number of hydrogen-bond donors (Lipinski definition) is 5. The Kier molecular flexibility index (Phi) is 9.52. The fourth-order valence-electron chi connectivity index (χ4n) is 4.79. The Morgan fingerprint density at radius 3 is 2.65 bits per heavy atom. The zero-order valence-electron chi connectivity index (χ0n) is 22.1. The first-order valence-corrected chi connectivity index (χ1v) is 14.9. The molecule has 0 spiro atoms. The molecule has 0 amide bonds. The summed E-state index contributed by atoms with van der Waals surface area (Å²) < 4.78 is 11.7. The third-order valence-corrected chi connectivity index (χ3v) is 8.70. The number of nitrogens with zero attached hydrogens (tertiary/aromatic N) is 3. The maximum atomic E-state index is 10.2. The number of aromatic nitrogens is 3. The molecule has 37 heavy (non-hydrogen) atoms. The van der Waals surface area contributed by atoms with Gasteiger partial charge in [0.05, 0.1) is 36.6 Å². The van der Waals surface area contributed by atoms with Crippen molar-refractivity contribution in [1.82, 2.24) is 15.0 Å². The molecular formula is C25H40N6O4S2. The highest BCUT2D eigenvalue weighted by Crippen LogP contribution is 2.50. The minimum atomic E-state index is -1.28. The average Bonchev–Trinajstić information content (AvgIpc) is 3.32. The number of aryl methyl sites for hydroxylation is 1. The highest BCUT2D eigenvalue weighted by atomic mass is 32.2. The predicted molar refractivity (Wildman–Crippen MR) is 148 cm³/mol. The van der Waals surface area contributed by atoms with Gasteiger partial charge in [-0.3, -0.25) is 0 Å². The molecule has 5 atom stereocenters. The lowest BCUT2D eigenvalue weighted by molar-refractivity contribution is -0.224. The molecule has 2 aromatic rings. The van der Waals surface area contributed by atoms with E-state index in [-0.39, 0.29) is 31.5 Å². The van der Waals surface area contributed by atoms with Crippen molar-refractivity contribution in [2.75, 3.05) is 41.9 Å². The quantitative estimate of drug-likeness (QED) is 0.133. The van der Waals surface area contributed by atoms with E-state index in [0.717, 1.165) is 30.8 Å². The standard InChI is InChI=1S/C25H40N6O4S2/c1-5-8-36-24-30-22(27-12-15-9-17(15)21-14(2)28-13-37-21)20(26)23(31-24)29-16-10-18(34-7-6-32)19(11-16)35-25(3,4)33/h13,15-19,32-33H,5-12,26H2,1-4H3,(H2,27,29,30,31). The van der Waals surface area contributed by atoms with Gasteiger partial charge in [-0.1, -0.05) is 18.7 Å². The van der Waals surface area contributed by atoms with Crippen molar-refractivity contribution in [2.45, 2.75) is 88.5 Å². The van der Waals surface area contributed by atoms with Crippen LogP contribution in [-0.4, -0.2) is 74.7 Å². The Morgan fingerprint density at radius 2 is 1.97 bits per heavy atom. The normalized spacial score (nSPS) is 25.4. The van der Waals surface area contributed by atoms with E-state index >= 15 is 0 Å². The van der Waals surface area contributed by atoms with Crippen molar-refractivity contribution in [1.29, 1.82) is 0 Å². The third kappa shape index (κ3) is 7.67. The van der Waals surface area contributed by atoms with Crippen LogP contribution < -0.4 is 16.4 Å². The van der Waals surface area contributed by atoms with Crippen LogP contribution in [0.4, 0.5) is 17.3 Å². The van der Waals surface area contributed by atoms with Gasteiger partial charge in [0.1, 0.15) is 5.69 Å². The van der Waals surface area contributed by atoms with Crippen molar-refractivity contribution in [3.8, 4) is 0 Å². The number of anilines is 3. The van der Waals surface area contributed by atoms with Gasteiger partial charge in [-0.25, -0.2) is 15.0 Å².